The van der Waals surface area contributed by atoms with E-state index in [9.17, 15) is 15.0 Å². The second kappa shape index (κ2) is 3.13. The van der Waals surface area contributed by atoms with Gasteiger partial charge in [0.05, 0.1) is 11.7 Å². The van der Waals surface area contributed by atoms with Crippen molar-refractivity contribution in [3.63, 3.8) is 0 Å². The summed E-state index contributed by atoms with van der Waals surface area (Å²) in [4.78, 5) is 14.7. The van der Waals surface area contributed by atoms with E-state index in [-0.39, 0.29) is 17.1 Å². The molecule has 0 fully saturated rings. The predicted octanol–water partition coefficient (Wildman–Crippen LogP) is 1.34. The highest BCUT2D eigenvalue weighted by molar-refractivity contribution is 6.05. The predicted molar refractivity (Wildman–Crippen MR) is 52.0 cm³/mol. The molecule has 1 aromatic carbocycles. The van der Waals surface area contributed by atoms with Crippen molar-refractivity contribution in [1.82, 2.24) is 4.98 Å². The summed E-state index contributed by atoms with van der Waals surface area (Å²) in [6.07, 6.45) is 1.05. The van der Waals surface area contributed by atoms with Gasteiger partial charge in [0.1, 0.15) is 17.1 Å². The first kappa shape index (κ1) is 9.26. The van der Waals surface area contributed by atoms with Crippen LogP contribution in [-0.4, -0.2) is 26.3 Å². The van der Waals surface area contributed by atoms with E-state index in [0.717, 1.165) is 6.20 Å². The topological polar surface area (TPSA) is 90.7 Å². The lowest BCUT2D eigenvalue weighted by Crippen LogP contribution is -1.99. The summed E-state index contributed by atoms with van der Waals surface area (Å²) in [6.45, 7) is 0. The van der Waals surface area contributed by atoms with E-state index in [1.165, 1.54) is 18.2 Å². The smallest absolute Gasteiger partial charge is 0.340 e. The van der Waals surface area contributed by atoms with Crippen molar-refractivity contribution in [3.05, 3.63) is 30.0 Å². The molecule has 0 saturated heterocycles. The maximum absolute atomic E-state index is 10.9. The van der Waals surface area contributed by atoms with Crippen molar-refractivity contribution in [2.75, 3.05) is 0 Å². The summed E-state index contributed by atoms with van der Waals surface area (Å²) in [6, 6.07) is 4.08. The Morgan fingerprint density at radius 3 is 2.67 bits per heavy atom. The van der Waals surface area contributed by atoms with Crippen LogP contribution in [0.25, 0.3) is 10.9 Å². The maximum atomic E-state index is 10.9. The lowest BCUT2D eigenvalue weighted by atomic mass is 10.1. The second-order valence-electron chi connectivity index (χ2n) is 3.03. The molecule has 2 aromatic rings. The highest BCUT2D eigenvalue weighted by Crippen LogP contribution is 2.27. The van der Waals surface area contributed by atoms with Crippen LogP contribution in [0.4, 0.5) is 0 Å². The van der Waals surface area contributed by atoms with E-state index in [1.807, 2.05) is 0 Å². The number of rotatable bonds is 1. The van der Waals surface area contributed by atoms with Gasteiger partial charge in [-0.25, -0.2) is 4.79 Å². The van der Waals surface area contributed by atoms with Crippen LogP contribution in [-0.2, 0) is 0 Å². The third-order valence-corrected chi connectivity index (χ3v) is 2.05. The van der Waals surface area contributed by atoms with Crippen molar-refractivity contribution < 1.29 is 20.1 Å². The molecule has 0 bridgehead atoms. The van der Waals surface area contributed by atoms with Gasteiger partial charge in [0.25, 0.3) is 0 Å². The number of carboxylic acid groups (broad SMARTS) is 1. The Bertz CT molecular complexity index is 550. The quantitative estimate of drug-likeness (QED) is 0.653. The number of aromatic hydroxyl groups is 2. The molecule has 0 aliphatic rings. The molecule has 15 heavy (non-hydrogen) atoms. The number of carboxylic acids is 1. The van der Waals surface area contributed by atoms with Crippen molar-refractivity contribution in [3.8, 4) is 11.5 Å². The molecule has 0 amide bonds. The van der Waals surface area contributed by atoms with Gasteiger partial charge in [-0.2, -0.15) is 0 Å². The average molecular weight is 205 g/mol. The fraction of sp³-hybridized carbons (Fsp3) is 0. The van der Waals surface area contributed by atoms with Gasteiger partial charge in [-0.3, -0.25) is 4.98 Å². The molecule has 0 unspecified atom stereocenters. The monoisotopic (exact) mass is 205 g/mol. The number of phenolic OH excluding ortho intramolecular Hbond substituents is 1. The number of benzene rings is 1. The van der Waals surface area contributed by atoms with E-state index >= 15 is 0 Å². The van der Waals surface area contributed by atoms with Gasteiger partial charge in [-0.1, -0.05) is 0 Å². The number of fused-ring (bicyclic) bond motifs is 1. The molecule has 1 heterocycles. The second-order valence-corrected chi connectivity index (χ2v) is 3.03. The van der Waals surface area contributed by atoms with Crippen LogP contribution in [0.2, 0.25) is 0 Å². The van der Waals surface area contributed by atoms with E-state index in [4.69, 9.17) is 5.11 Å². The molecule has 2 rings (SSSR count). The highest BCUT2D eigenvalue weighted by Gasteiger charge is 2.14. The summed E-state index contributed by atoms with van der Waals surface area (Å²) in [5.74, 6) is -1.62. The number of pyridine rings is 1. The van der Waals surface area contributed by atoms with E-state index < -0.39 is 5.97 Å². The minimum Gasteiger partial charge on any atom is -0.508 e. The van der Waals surface area contributed by atoms with Crippen LogP contribution in [0.15, 0.2) is 24.4 Å². The summed E-state index contributed by atoms with van der Waals surface area (Å²) in [7, 11) is 0. The minimum atomic E-state index is -1.23. The number of hydrogen-bond acceptors (Lipinski definition) is 4. The van der Waals surface area contributed by atoms with Crippen LogP contribution in [0.1, 0.15) is 10.4 Å². The molecule has 76 valence electrons. The zero-order valence-electron chi connectivity index (χ0n) is 7.51. The molecule has 3 N–H and O–H groups in total. The summed E-state index contributed by atoms with van der Waals surface area (Å²) in [5.41, 5.74) is 0.116. The Balaban J connectivity index is 2.88. The molecule has 0 saturated carbocycles. The third kappa shape index (κ3) is 1.43. The Labute approximate surface area is 84.2 Å². The molecular formula is C10H7NO4. The van der Waals surface area contributed by atoms with Gasteiger partial charge in [-0.15, -0.1) is 0 Å². The Morgan fingerprint density at radius 1 is 1.27 bits per heavy atom. The van der Waals surface area contributed by atoms with E-state index in [1.54, 1.807) is 0 Å². The van der Waals surface area contributed by atoms with Crippen molar-refractivity contribution in [1.29, 1.82) is 0 Å². The number of nitrogens with zero attached hydrogens (tertiary/aromatic N) is 1. The van der Waals surface area contributed by atoms with Gasteiger partial charge < -0.3 is 15.3 Å². The lowest BCUT2D eigenvalue weighted by molar-refractivity contribution is 0.0696. The van der Waals surface area contributed by atoms with Gasteiger partial charge in [-0.05, 0) is 12.1 Å². The molecule has 0 atom stereocenters. The normalized spacial score (nSPS) is 10.4. The molecule has 0 radical (unpaired) electrons. The molecular weight excluding hydrogens is 198 g/mol. The summed E-state index contributed by atoms with van der Waals surface area (Å²) in [5, 5.41) is 27.7. The van der Waals surface area contributed by atoms with Crippen LogP contribution in [0.5, 0.6) is 11.5 Å². The first-order valence-corrected chi connectivity index (χ1v) is 4.13. The zero-order valence-corrected chi connectivity index (χ0v) is 7.51. The van der Waals surface area contributed by atoms with Crippen molar-refractivity contribution in [2.24, 2.45) is 0 Å². The summed E-state index contributed by atoms with van der Waals surface area (Å²) >= 11 is 0. The SMILES string of the molecule is O=C(O)c1c(O)cnc2cc(O)ccc12. The molecule has 5 heteroatoms. The molecule has 0 aliphatic carbocycles. The molecule has 5 nitrogen and oxygen atoms in total. The van der Waals surface area contributed by atoms with Gasteiger partial charge in [0.15, 0.2) is 0 Å². The average Bonchev–Trinajstić information content (AvgIpc) is 2.17. The van der Waals surface area contributed by atoms with Gasteiger partial charge in [0.2, 0.25) is 0 Å². The first-order chi connectivity index (χ1) is 7.09. The Kier molecular flexibility index (Phi) is 1.93. The zero-order chi connectivity index (χ0) is 11.0. The van der Waals surface area contributed by atoms with E-state index in [0.29, 0.717) is 10.9 Å². The van der Waals surface area contributed by atoms with Crippen LogP contribution in [0, 0.1) is 0 Å². The van der Waals surface area contributed by atoms with Gasteiger partial charge >= 0.3 is 5.97 Å². The van der Waals surface area contributed by atoms with Crippen LogP contribution in [0.3, 0.4) is 0 Å². The number of hydrogen-bond donors (Lipinski definition) is 3. The standard InChI is InChI=1S/C10H7NO4/c12-5-1-2-6-7(3-5)11-4-8(13)9(6)10(14)15/h1-4,12-13H,(H,14,15). The van der Waals surface area contributed by atoms with Crippen LogP contribution < -0.4 is 0 Å². The number of carbonyl (C=O) groups is 1. The highest BCUT2D eigenvalue weighted by atomic mass is 16.4. The lowest BCUT2D eigenvalue weighted by Gasteiger charge is -2.04. The third-order valence-electron chi connectivity index (χ3n) is 2.05. The Morgan fingerprint density at radius 2 is 2.00 bits per heavy atom. The van der Waals surface area contributed by atoms with Crippen molar-refractivity contribution in [2.45, 2.75) is 0 Å². The number of aromatic carboxylic acids is 1. The molecule has 1 aromatic heterocycles. The van der Waals surface area contributed by atoms with Crippen molar-refractivity contribution >= 4 is 16.9 Å². The number of phenols is 1. The first-order valence-electron chi connectivity index (χ1n) is 4.13. The molecule has 0 aliphatic heterocycles. The van der Waals surface area contributed by atoms with Crippen LogP contribution >= 0.6 is 0 Å². The summed E-state index contributed by atoms with van der Waals surface area (Å²) < 4.78 is 0. The fourth-order valence-corrected chi connectivity index (χ4v) is 1.40. The largest absolute Gasteiger partial charge is 0.508 e. The maximum Gasteiger partial charge on any atom is 0.340 e. The van der Waals surface area contributed by atoms with E-state index in [2.05, 4.69) is 4.98 Å². The van der Waals surface area contributed by atoms with Gasteiger partial charge in [0, 0.05) is 11.5 Å². The minimum absolute atomic E-state index is 0.00275. The molecule has 0 spiro atoms. The fourth-order valence-electron chi connectivity index (χ4n) is 1.40. The Hall–Kier alpha value is -2.30. The number of aromatic nitrogens is 1.